The molecule has 0 atom stereocenters. The fourth-order valence-corrected chi connectivity index (χ4v) is 3.49. The smallest absolute Gasteiger partial charge is 0.270 e. The third kappa shape index (κ3) is 3.23. The predicted octanol–water partition coefficient (Wildman–Crippen LogP) is 3.31. The van der Waals surface area contributed by atoms with E-state index in [-0.39, 0.29) is 5.91 Å². The summed E-state index contributed by atoms with van der Waals surface area (Å²) in [5.41, 5.74) is 1.51. The van der Waals surface area contributed by atoms with Crippen molar-refractivity contribution < 1.29 is 4.79 Å². The highest BCUT2D eigenvalue weighted by Gasteiger charge is 2.27. The van der Waals surface area contributed by atoms with Gasteiger partial charge in [-0.15, -0.1) is 11.3 Å². The fourth-order valence-electron chi connectivity index (χ4n) is 2.68. The topological polar surface area (TPSA) is 59.8 Å². The van der Waals surface area contributed by atoms with E-state index in [0.29, 0.717) is 18.2 Å². The number of nitrogens with one attached hydrogen (secondary N) is 1. The lowest BCUT2D eigenvalue weighted by Crippen LogP contribution is -2.27. The molecule has 1 aliphatic carbocycles. The minimum Gasteiger partial charge on any atom is -0.349 e. The Morgan fingerprint density at radius 2 is 2.12 bits per heavy atom. The lowest BCUT2D eigenvalue weighted by atomic mass is 10.2. The zero-order valence-corrected chi connectivity index (χ0v) is 14.0. The van der Waals surface area contributed by atoms with Gasteiger partial charge in [0.2, 0.25) is 0 Å². The van der Waals surface area contributed by atoms with E-state index in [2.05, 4.69) is 19.9 Å². The second kappa shape index (κ2) is 6.57. The molecule has 1 saturated carbocycles. The molecular weight excluding hydrogens is 320 g/mol. The number of hydrogen-bond acceptors (Lipinski definition) is 4. The van der Waals surface area contributed by atoms with Crippen LogP contribution in [-0.2, 0) is 6.54 Å². The fraction of sp³-hybridized carbons (Fsp3) is 0.278. The van der Waals surface area contributed by atoms with Gasteiger partial charge in [-0.1, -0.05) is 30.3 Å². The van der Waals surface area contributed by atoms with Gasteiger partial charge in [0.15, 0.2) is 0 Å². The van der Waals surface area contributed by atoms with Crippen molar-refractivity contribution in [1.82, 2.24) is 19.9 Å². The van der Waals surface area contributed by atoms with Crippen LogP contribution >= 0.6 is 11.3 Å². The Balaban J connectivity index is 1.35. The van der Waals surface area contributed by atoms with Gasteiger partial charge in [-0.3, -0.25) is 4.79 Å². The maximum absolute atomic E-state index is 12.3. The molecule has 6 heteroatoms. The normalized spacial score (nSPS) is 13.8. The third-order valence-electron chi connectivity index (χ3n) is 4.09. The molecule has 2 aromatic heterocycles. The van der Waals surface area contributed by atoms with Crippen LogP contribution in [0.3, 0.4) is 0 Å². The molecule has 1 aliphatic rings. The average Bonchev–Trinajstić information content (AvgIpc) is 3.15. The highest BCUT2D eigenvalue weighted by molar-refractivity contribution is 7.13. The second-order valence-electron chi connectivity index (χ2n) is 5.91. The zero-order valence-electron chi connectivity index (χ0n) is 13.2. The quantitative estimate of drug-likeness (QED) is 0.750. The van der Waals surface area contributed by atoms with E-state index >= 15 is 0 Å². The van der Waals surface area contributed by atoms with E-state index in [4.69, 9.17) is 0 Å². The van der Waals surface area contributed by atoms with Crippen LogP contribution in [0.5, 0.6) is 0 Å². The molecule has 1 fully saturated rings. The molecule has 0 bridgehead atoms. The number of carbonyl (C=O) groups is 1. The van der Waals surface area contributed by atoms with Crippen molar-refractivity contribution >= 4 is 17.2 Å². The van der Waals surface area contributed by atoms with Crippen molar-refractivity contribution in [3.05, 3.63) is 59.6 Å². The van der Waals surface area contributed by atoms with Gasteiger partial charge in [0.25, 0.3) is 5.91 Å². The molecule has 0 radical (unpaired) electrons. The molecule has 5 nitrogen and oxygen atoms in total. The number of imidazole rings is 1. The van der Waals surface area contributed by atoms with E-state index < -0.39 is 0 Å². The van der Waals surface area contributed by atoms with Crippen molar-refractivity contribution in [2.75, 3.05) is 6.54 Å². The summed E-state index contributed by atoms with van der Waals surface area (Å²) in [6.45, 7) is 1.32. The Bertz CT molecular complexity index is 836. The first-order chi connectivity index (χ1) is 11.8. The summed E-state index contributed by atoms with van der Waals surface area (Å²) in [7, 11) is 0. The van der Waals surface area contributed by atoms with Crippen LogP contribution < -0.4 is 5.32 Å². The molecule has 3 aromatic rings. The van der Waals surface area contributed by atoms with Crippen LogP contribution in [0.25, 0.3) is 10.6 Å². The van der Waals surface area contributed by atoms with Crippen molar-refractivity contribution in [3.63, 3.8) is 0 Å². The van der Waals surface area contributed by atoms with Crippen LogP contribution in [0.15, 0.2) is 48.1 Å². The van der Waals surface area contributed by atoms with E-state index in [1.54, 1.807) is 0 Å². The summed E-state index contributed by atoms with van der Waals surface area (Å²) in [6.07, 6.45) is 6.27. The second-order valence-corrected chi connectivity index (χ2v) is 6.77. The Morgan fingerprint density at radius 3 is 2.92 bits per heavy atom. The number of thiazole rings is 1. The molecular formula is C18H18N4OS. The highest BCUT2D eigenvalue weighted by Crippen LogP contribution is 2.38. The lowest BCUT2D eigenvalue weighted by molar-refractivity contribution is 0.0948. The SMILES string of the molecule is O=C(NCCn1ccnc1C1CC1)c1csc(-c2ccccc2)n1. The molecule has 0 saturated heterocycles. The zero-order chi connectivity index (χ0) is 16.4. The van der Waals surface area contributed by atoms with Gasteiger partial charge in [0, 0.05) is 42.3 Å². The van der Waals surface area contributed by atoms with Crippen molar-refractivity contribution in [1.29, 1.82) is 0 Å². The maximum atomic E-state index is 12.3. The highest BCUT2D eigenvalue weighted by atomic mass is 32.1. The maximum Gasteiger partial charge on any atom is 0.270 e. The van der Waals surface area contributed by atoms with Crippen LogP contribution in [0.4, 0.5) is 0 Å². The van der Waals surface area contributed by atoms with Gasteiger partial charge in [-0.25, -0.2) is 9.97 Å². The molecule has 0 spiro atoms. The molecule has 1 aromatic carbocycles. The summed E-state index contributed by atoms with van der Waals surface area (Å²) >= 11 is 1.49. The number of carbonyl (C=O) groups excluding carboxylic acids is 1. The van der Waals surface area contributed by atoms with Gasteiger partial charge in [0.1, 0.15) is 16.5 Å². The minimum absolute atomic E-state index is 0.124. The van der Waals surface area contributed by atoms with Crippen LogP contribution in [-0.4, -0.2) is 27.0 Å². The van der Waals surface area contributed by atoms with Crippen LogP contribution in [0.1, 0.15) is 35.1 Å². The molecule has 1 N–H and O–H groups in total. The third-order valence-corrected chi connectivity index (χ3v) is 4.98. The van der Waals surface area contributed by atoms with E-state index in [9.17, 15) is 4.79 Å². The lowest BCUT2D eigenvalue weighted by Gasteiger charge is -2.07. The van der Waals surface area contributed by atoms with E-state index in [1.165, 1.54) is 24.2 Å². The Labute approximate surface area is 144 Å². The summed E-state index contributed by atoms with van der Waals surface area (Å²) in [4.78, 5) is 21.1. The van der Waals surface area contributed by atoms with Crippen LogP contribution in [0.2, 0.25) is 0 Å². The van der Waals surface area contributed by atoms with Gasteiger partial charge in [-0.05, 0) is 12.8 Å². The molecule has 24 heavy (non-hydrogen) atoms. The van der Waals surface area contributed by atoms with Gasteiger partial charge in [0.05, 0.1) is 0 Å². The monoisotopic (exact) mass is 338 g/mol. The summed E-state index contributed by atoms with van der Waals surface area (Å²) < 4.78 is 2.13. The van der Waals surface area contributed by atoms with Crippen molar-refractivity contribution in [2.45, 2.75) is 25.3 Å². The predicted molar refractivity (Wildman–Crippen MR) is 94.1 cm³/mol. The molecule has 122 valence electrons. The van der Waals surface area contributed by atoms with Crippen molar-refractivity contribution in [3.8, 4) is 10.6 Å². The molecule has 0 unspecified atom stereocenters. The number of nitrogens with zero attached hydrogens (tertiary/aromatic N) is 3. The Hall–Kier alpha value is -2.47. The summed E-state index contributed by atoms with van der Waals surface area (Å²) in [6, 6.07) is 9.91. The number of aromatic nitrogens is 3. The molecule has 1 amide bonds. The molecule has 2 heterocycles. The van der Waals surface area contributed by atoms with Gasteiger partial charge in [-0.2, -0.15) is 0 Å². The number of rotatable bonds is 6. The minimum atomic E-state index is -0.124. The first-order valence-electron chi connectivity index (χ1n) is 8.11. The number of hydrogen-bond donors (Lipinski definition) is 1. The summed E-state index contributed by atoms with van der Waals surface area (Å²) in [5, 5.41) is 5.62. The first kappa shape index (κ1) is 15.1. The first-order valence-corrected chi connectivity index (χ1v) is 8.99. The standard InChI is InChI=1S/C18H18N4OS/c23-17(15-12-24-18(21-15)14-4-2-1-3-5-14)20-9-11-22-10-8-19-16(22)13-6-7-13/h1-5,8,10,12-13H,6-7,9,11H2,(H,20,23). The van der Waals surface area contributed by atoms with E-state index in [0.717, 1.165) is 22.9 Å². The van der Waals surface area contributed by atoms with E-state index in [1.807, 2.05) is 48.1 Å². The largest absolute Gasteiger partial charge is 0.349 e. The number of benzene rings is 1. The van der Waals surface area contributed by atoms with Crippen molar-refractivity contribution in [2.24, 2.45) is 0 Å². The number of amides is 1. The molecule has 4 rings (SSSR count). The molecule has 0 aliphatic heterocycles. The van der Waals surface area contributed by atoms with Crippen LogP contribution in [0, 0.1) is 0 Å². The Morgan fingerprint density at radius 1 is 1.29 bits per heavy atom. The van der Waals surface area contributed by atoms with Gasteiger partial charge >= 0.3 is 0 Å². The summed E-state index contributed by atoms with van der Waals surface area (Å²) in [5.74, 6) is 1.63. The average molecular weight is 338 g/mol. The Kier molecular flexibility index (Phi) is 4.13. The van der Waals surface area contributed by atoms with Gasteiger partial charge < -0.3 is 9.88 Å².